The molecule has 0 radical (unpaired) electrons. The van der Waals surface area contributed by atoms with Gasteiger partial charge in [-0.25, -0.2) is 4.98 Å². The normalized spacial score (nSPS) is 16.0. The van der Waals surface area contributed by atoms with Crippen molar-refractivity contribution in [3.63, 3.8) is 0 Å². The fraction of sp³-hybridized carbons (Fsp3) is 0.500. The first kappa shape index (κ1) is 17.8. The van der Waals surface area contributed by atoms with Crippen LogP contribution in [0.1, 0.15) is 53.1 Å². The van der Waals surface area contributed by atoms with Crippen LogP contribution in [0.3, 0.4) is 0 Å². The summed E-state index contributed by atoms with van der Waals surface area (Å²) in [5, 5.41) is 3.16. The highest BCUT2D eigenvalue weighted by molar-refractivity contribution is 7.16. The number of hydrogen-bond donors (Lipinski definition) is 1. The van der Waals surface area contributed by atoms with Crippen LogP contribution in [-0.4, -0.2) is 35.4 Å². The van der Waals surface area contributed by atoms with E-state index in [0.29, 0.717) is 42.4 Å². The Labute approximate surface area is 150 Å². The van der Waals surface area contributed by atoms with Gasteiger partial charge in [-0.1, -0.05) is 0 Å². The predicted molar refractivity (Wildman–Crippen MR) is 94.9 cm³/mol. The Morgan fingerprint density at radius 1 is 1.28 bits per heavy atom. The fourth-order valence-corrected chi connectivity index (χ4v) is 3.69. The van der Waals surface area contributed by atoms with Crippen molar-refractivity contribution < 1.29 is 18.7 Å². The van der Waals surface area contributed by atoms with E-state index in [2.05, 4.69) is 10.3 Å². The van der Waals surface area contributed by atoms with E-state index in [0.717, 1.165) is 11.3 Å². The van der Waals surface area contributed by atoms with Crippen LogP contribution in [-0.2, 0) is 4.74 Å². The number of carbonyl (C=O) groups excluding carboxylic acids is 2. The minimum atomic E-state index is -0.377. The average molecular weight is 362 g/mol. The maximum absolute atomic E-state index is 13.0. The lowest BCUT2D eigenvalue weighted by Crippen LogP contribution is -2.40. The Hall–Kier alpha value is -1.99. The molecule has 3 heterocycles. The second kappa shape index (κ2) is 7.09. The van der Waals surface area contributed by atoms with Crippen LogP contribution >= 0.6 is 11.3 Å². The molecular weight excluding hydrogens is 340 g/mol. The number of nitrogens with zero attached hydrogens (tertiary/aromatic N) is 1. The zero-order chi connectivity index (χ0) is 18.0. The van der Waals surface area contributed by atoms with Gasteiger partial charge in [-0.15, -0.1) is 11.3 Å². The van der Waals surface area contributed by atoms with E-state index < -0.39 is 0 Å². The number of hydrogen-bond acceptors (Lipinski definition) is 6. The second-order valence-electron chi connectivity index (χ2n) is 7.13. The molecule has 1 saturated heterocycles. The van der Waals surface area contributed by atoms with Gasteiger partial charge in [0.15, 0.2) is 16.6 Å². The van der Waals surface area contributed by atoms with E-state index in [1.807, 2.05) is 20.8 Å². The smallest absolute Gasteiger partial charge is 0.280 e. The van der Waals surface area contributed by atoms with Gasteiger partial charge in [0.1, 0.15) is 10.6 Å². The lowest BCUT2D eigenvalue weighted by Gasteiger charge is -2.20. The van der Waals surface area contributed by atoms with E-state index >= 15 is 0 Å². The van der Waals surface area contributed by atoms with E-state index in [1.165, 1.54) is 6.26 Å². The maximum Gasteiger partial charge on any atom is 0.280 e. The average Bonchev–Trinajstić information content (AvgIpc) is 3.22. The van der Waals surface area contributed by atoms with Gasteiger partial charge >= 0.3 is 0 Å². The molecule has 1 amide bonds. The number of thiazole rings is 1. The van der Waals surface area contributed by atoms with Crippen molar-refractivity contribution in [1.82, 2.24) is 10.3 Å². The van der Waals surface area contributed by atoms with Gasteiger partial charge in [0.05, 0.1) is 6.26 Å². The molecule has 3 rings (SSSR count). The first-order valence-electron chi connectivity index (χ1n) is 8.34. The van der Waals surface area contributed by atoms with Crippen molar-refractivity contribution in [2.45, 2.75) is 39.2 Å². The van der Waals surface area contributed by atoms with E-state index in [1.54, 1.807) is 12.1 Å². The highest BCUT2D eigenvalue weighted by Gasteiger charge is 2.30. The summed E-state index contributed by atoms with van der Waals surface area (Å²) in [4.78, 5) is 30.3. The van der Waals surface area contributed by atoms with Gasteiger partial charge in [0, 0.05) is 24.7 Å². The fourth-order valence-electron chi connectivity index (χ4n) is 2.70. The first-order chi connectivity index (χ1) is 11.8. The largest absolute Gasteiger partial charge is 0.463 e. The molecule has 0 saturated carbocycles. The highest BCUT2D eigenvalue weighted by atomic mass is 32.1. The summed E-state index contributed by atoms with van der Waals surface area (Å²) in [6, 6.07) is 3.49. The highest BCUT2D eigenvalue weighted by Crippen LogP contribution is 2.33. The molecule has 1 N–H and O–H groups in total. The van der Waals surface area contributed by atoms with Crippen molar-refractivity contribution in [3.05, 3.63) is 28.3 Å². The third-order valence-corrected chi connectivity index (χ3v) is 4.95. The van der Waals surface area contributed by atoms with Gasteiger partial charge in [-0.3, -0.25) is 9.59 Å². The number of Topliss-reactive ketones (excluding diaryl/α,β-unsaturated/α-hetero) is 1. The van der Waals surface area contributed by atoms with Crippen LogP contribution < -0.4 is 5.32 Å². The molecule has 0 atom stereocenters. The summed E-state index contributed by atoms with van der Waals surface area (Å²) in [6.07, 6.45) is 2.92. The van der Waals surface area contributed by atoms with E-state index in [-0.39, 0.29) is 28.2 Å². The molecule has 6 nitrogen and oxygen atoms in total. The topological polar surface area (TPSA) is 81.4 Å². The van der Waals surface area contributed by atoms with Crippen molar-refractivity contribution in [2.75, 3.05) is 13.2 Å². The number of ether oxygens (including phenoxy) is 1. The van der Waals surface area contributed by atoms with Gasteiger partial charge in [-0.05, 0) is 45.7 Å². The number of ketones is 1. The zero-order valence-electron chi connectivity index (χ0n) is 14.6. The van der Waals surface area contributed by atoms with Crippen molar-refractivity contribution in [3.8, 4) is 11.5 Å². The van der Waals surface area contributed by atoms with Crippen LogP contribution in [0.4, 0.5) is 0 Å². The Balaban J connectivity index is 1.95. The van der Waals surface area contributed by atoms with E-state index in [4.69, 9.17) is 9.15 Å². The standard InChI is InChI=1S/C18H22N2O4S/c1-18(2,3)20-16(22)17-19-13(12-5-4-8-24-12)15(25-17)14(21)11-6-9-23-10-7-11/h4-5,8,11H,6-7,9-10H2,1-3H3,(H,20,22). The Kier molecular flexibility index (Phi) is 5.06. The molecule has 2 aromatic heterocycles. The minimum Gasteiger partial charge on any atom is -0.463 e. The quantitative estimate of drug-likeness (QED) is 0.841. The minimum absolute atomic E-state index is 0.0157. The molecule has 0 spiro atoms. The molecule has 134 valence electrons. The predicted octanol–water partition coefficient (Wildman–Crippen LogP) is 3.54. The van der Waals surface area contributed by atoms with Gasteiger partial charge in [0.2, 0.25) is 0 Å². The SMILES string of the molecule is CC(C)(C)NC(=O)c1nc(-c2ccco2)c(C(=O)C2CCOCC2)s1. The molecule has 7 heteroatoms. The molecule has 0 bridgehead atoms. The second-order valence-corrected chi connectivity index (χ2v) is 8.13. The number of carbonyl (C=O) groups is 2. The van der Waals surface area contributed by atoms with Crippen LogP contribution in [0.2, 0.25) is 0 Å². The number of nitrogens with one attached hydrogen (secondary N) is 1. The first-order valence-corrected chi connectivity index (χ1v) is 9.16. The summed E-state index contributed by atoms with van der Waals surface area (Å²) in [6.45, 7) is 6.88. The van der Waals surface area contributed by atoms with Crippen LogP contribution in [0.25, 0.3) is 11.5 Å². The molecular formula is C18H22N2O4S. The third-order valence-electron chi connectivity index (χ3n) is 3.88. The van der Waals surface area contributed by atoms with Crippen LogP contribution in [0.15, 0.2) is 22.8 Å². The maximum atomic E-state index is 13.0. The zero-order valence-corrected chi connectivity index (χ0v) is 15.4. The van der Waals surface area contributed by atoms with Gasteiger partial charge in [-0.2, -0.15) is 0 Å². The van der Waals surface area contributed by atoms with Crippen molar-refractivity contribution in [2.24, 2.45) is 5.92 Å². The molecule has 0 aromatic carbocycles. The summed E-state index contributed by atoms with van der Waals surface area (Å²) < 4.78 is 10.8. The molecule has 0 unspecified atom stereocenters. The summed E-state index contributed by atoms with van der Waals surface area (Å²) in [5.74, 6) is 0.140. The molecule has 1 aliphatic rings. The summed E-state index contributed by atoms with van der Waals surface area (Å²) >= 11 is 1.13. The van der Waals surface area contributed by atoms with Crippen LogP contribution in [0.5, 0.6) is 0 Å². The van der Waals surface area contributed by atoms with Gasteiger partial charge < -0.3 is 14.5 Å². The molecule has 2 aromatic rings. The van der Waals surface area contributed by atoms with Gasteiger partial charge in [0.25, 0.3) is 5.91 Å². The van der Waals surface area contributed by atoms with Crippen molar-refractivity contribution in [1.29, 1.82) is 0 Å². The molecule has 1 aliphatic heterocycles. The van der Waals surface area contributed by atoms with E-state index in [9.17, 15) is 9.59 Å². The number of amides is 1. The molecule has 1 fully saturated rings. The number of rotatable bonds is 4. The number of furan rings is 1. The molecule has 0 aliphatic carbocycles. The summed E-state index contributed by atoms with van der Waals surface area (Å²) in [5.41, 5.74) is 0.0731. The Bertz CT molecular complexity index is 753. The lowest BCUT2D eigenvalue weighted by molar-refractivity contribution is 0.0547. The Morgan fingerprint density at radius 3 is 2.60 bits per heavy atom. The third kappa shape index (κ3) is 4.16. The lowest BCUT2D eigenvalue weighted by atomic mass is 9.94. The van der Waals surface area contributed by atoms with Crippen LogP contribution in [0, 0.1) is 5.92 Å². The summed E-state index contributed by atoms with van der Waals surface area (Å²) in [7, 11) is 0. The molecule has 25 heavy (non-hydrogen) atoms. The monoisotopic (exact) mass is 362 g/mol. The van der Waals surface area contributed by atoms with Crippen molar-refractivity contribution >= 4 is 23.0 Å². The Morgan fingerprint density at radius 2 is 2.00 bits per heavy atom. The number of aromatic nitrogens is 1.